The van der Waals surface area contributed by atoms with Crippen molar-refractivity contribution < 1.29 is 9.53 Å². The molecule has 166 valence electrons. The molecule has 1 aromatic heterocycles. The maximum absolute atomic E-state index is 12.7. The number of allylic oxidation sites excluding steroid dienone is 1. The zero-order valence-electron chi connectivity index (χ0n) is 17.6. The van der Waals surface area contributed by atoms with Crippen LogP contribution in [-0.4, -0.2) is 29.3 Å². The van der Waals surface area contributed by atoms with Gasteiger partial charge >= 0.3 is 5.97 Å². The summed E-state index contributed by atoms with van der Waals surface area (Å²) in [6.45, 7) is 2.13. The predicted octanol–water partition coefficient (Wildman–Crippen LogP) is 5.75. The molecule has 2 aromatic carbocycles. The first-order valence-electron chi connectivity index (χ1n) is 10.1. The van der Waals surface area contributed by atoms with E-state index in [1.165, 1.54) is 23.1 Å². The third-order valence-corrected chi connectivity index (χ3v) is 7.12. The molecule has 1 aliphatic heterocycles. The van der Waals surface area contributed by atoms with E-state index in [1.54, 1.807) is 6.92 Å². The summed E-state index contributed by atoms with van der Waals surface area (Å²) in [5.74, 6) is -1.22. The summed E-state index contributed by atoms with van der Waals surface area (Å²) in [6.07, 6.45) is 0. The topological polar surface area (TPSA) is 87.4 Å². The van der Waals surface area contributed by atoms with E-state index in [9.17, 15) is 10.1 Å². The Kier molecular flexibility index (Phi) is 7.60. The second-order valence-electron chi connectivity index (χ2n) is 6.91. The number of nitrogens with one attached hydrogen (secondary N) is 1. The van der Waals surface area contributed by atoms with E-state index < -0.39 is 11.9 Å². The monoisotopic (exact) mass is 538 g/mol. The number of ether oxygens (including phenoxy) is 1. The predicted molar refractivity (Wildman–Crippen MR) is 135 cm³/mol. The van der Waals surface area contributed by atoms with E-state index in [4.69, 9.17) is 9.72 Å². The van der Waals surface area contributed by atoms with Crippen molar-refractivity contribution in [3.8, 4) is 17.3 Å². The molecule has 1 aliphatic rings. The van der Waals surface area contributed by atoms with Crippen LogP contribution in [0.1, 0.15) is 17.8 Å². The summed E-state index contributed by atoms with van der Waals surface area (Å²) in [5, 5.41) is 16.5. The fourth-order valence-electron chi connectivity index (χ4n) is 3.18. The number of amidine groups is 1. The van der Waals surface area contributed by atoms with Gasteiger partial charge in [0.25, 0.3) is 0 Å². The molecule has 0 aliphatic carbocycles. The van der Waals surface area contributed by atoms with Crippen molar-refractivity contribution in [3.05, 3.63) is 80.7 Å². The highest BCUT2D eigenvalue weighted by Crippen LogP contribution is 2.33. The number of esters is 1. The van der Waals surface area contributed by atoms with E-state index in [-0.39, 0.29) is 13.2 Å². The SMILES string of the molecule is CCOC(=O)C1=C(C(C#N)c2nc(-c3ccc(Br)cc3)cs2)NC(Sc2ccccc2)=NC1. The number of nitrogens with zero attached hydrogens (tertiary/aromatic N) is 3. The molecule has 1 unspecified atom stereocenters. The Hall–Kier alpha value is -2.93. The Balaban J connectivity index is 1.65. The van der Waals surface area contributed by atoms with Crippen LogP contribution in [0.25, 0.3) is 11.3 Å². The van der Waals surface area contributed by atoms with Crippen LogP contribution in [0.2, 0.25) is 0 Å². The molecule has 0 bridgehead atoms. The first-order valence-corrected chi connectivity index (χ1v) is 12.6. The van der Waals surface area contributed by atoms with E-state index >= 15 is 0 Å². The summed E-state index contributed by atoms with van der Waals surface area (Å²) < 4.78 is 6.22. The fourth-order valence-corrected chi connectivity index (χ4v) is 5.13. The standard InChI is InChI=1S/C24H19BrN4O2S2/c1-2-31-23(30)19-13-27-24(33-17-6-4-3-5-7-17)29-21(19)18(12-26)22-28-20(14-32-22)15-8-10-16(25)11-9-15/h3-11,14,18H,2,13H2,1H3,(H,27,29). The van der Waals surface area contributed by atoms with Crippen molar-refractivity contribution in [2.75, 3.05) is 13.2 Å². The zero-order valence-corrected chi connectivity index (χ0v) is 20.8. The van der Waals surface area contributed by atoms with Crippen LogP contribution in [0.5, 0.6) is 0 Å². The number of benzene rings is 2. The number of hydrogen-bond donors (Lipinski definition) is 1. The maximum atomic E-state index is 12.7. The molecule has 0 amide bonds. The highest BCUT2D eigenvalue weighted by atomic mass is 79.9. The minimum atomic E-state index is -0.750. The summed E-state index contributed by atoms with van der Waals surface area (Å²) in [5.41, 5.74) is 2.56. The molecular weight excluding hydrogens is 520 g/mol. The van der Waals surface area contributed by atoms with Gasteiger partial charge in [-0.3, -0.25) is 4.99 Å². The van der Waals surface area contributed by atoms with Crippen LogP contribution in [0.15, 0.2) is 85.6 Å². The Morgan fingerprint density at radius 2 is 2.03 bits per heavy atom. The van der Waals surface area contributed by atoms with Gasteiger partial charge in [-0.1, -0.05) is 58.0 Å². The highest BCUT2D eigenvalue weighted by molar-refractivity contribution is 9.10. The van der Waals surface area contributed by atoms with Crippen molar-refractivity contribution >= 4 is 50.2 Å². The number of carbonyl (C=O) groups excluding carboxylic acids is 1. The lowest BCUT2D eigenvalue weighted by Crippen LogP contribution is -2.32. The van der Waals surface area contributed by atoms with E-state index in [1.807, 2.05) is 60.0 Å². The Bertz CT molecular complexity index is 1250. The lowest BCUT2D eigenvalue weighted by Gasteiger charge is -2.23. The Morgan fingerprint density at radius 1 is 1.27 bits per heavy atom. The molecule has 2 heterocycles. The van der Waals surface area contributed by atoms with Crippen LogP contribution >= 0.6 is 39.0 Å². The zero-order chi connectivity index (χ0) is 23.2. The molecule has 6 nitrogen and oxygen atoms in total. The van der Waals surface area contributed by atoms with Gasteiger partial charge in [0, 0.05) is 20.3 Å². The van der Waals surface area contributed by atoms with Gasteiger partial charge < -0.3 is 10.1 Å². The Labute approximate surface area is 208 Å². The second-order valence-corrected chi connectivity index (χ2v) is 9.78. The van der Waals surface area contributed by atoms with Crippen molar-refractivity contribution in [3.63, 3.8) is 0 Å². The van der Waals surface area contributed by atoms with Gasteiger partial charge in [-0.05, 0) is 31.2 Å². The third-order valence-electron chi connectivity index (χ3n) is 4.75. The van der Waals surface area contributed by atoms with E-state index in [2.05, 4.69) is 32.3 Å². The minimum absolute atomic E-state index is 0.138. The number of nitriles is 1. The number of aromatic nitrogens is 1. The molecule has 9 heteroatoms. The minimum Gasteiger partial charge on any atom is -0.463 e. The maximum Gasteiger partial charge on any atom is 0.337 e. The largest absolute Gasteiger partial charge is 0.463 e. The van der Waals surface area contributed by atoms with Crippen molar-refractivity contribution in [1.82, 2.24) is 10.3 Å². The number of rotatable bonds is 6. The number of aliphatic imine (C=N–C) groups is 1. The van der Waals surface area contributed by atoms with Gasteiger partial charge in [0.2, 0.25) is 0 Å². The molecule has 0 spiro atoms. The van der Waals surface area contributed by atoms with Gasteiger partial charge in [-0.25, -0.2) is 9.78 Å². The van der Waals surface area contributed by atoms with E-state index in [0.29, 0.717) is 21.4 Å². The van der Waals surface area contributed by atoms with Crippen molar-refractivity contribution in [1.29, 1.82) is 5.26 Å². The van der Waals surface area contributed by atoms with Gasteiger partial charge in [-0.15, -0.1) is 11.3 Å². The third kappa shape index (κ3) is 5.53. The van der Waals surface area contributed by atoms with Crippen molar-refractivity contribution in [2.45, 2.75) is 17.7 Å². The quantitative estimate of drug-likeness (QED) is 0.402. The number of hydrogen-bond acceptors (Lipinski definition) is 8. The van der Waals surface area contributed by atoms with Crippen LogP contribution in [-0.2, 0) is 9.53 Å². The number of halogens is 1. The first-order chi connectivity index (χ1) is 16.1. The molecular formula is C24H19BrN4O2S2. The average Bonchev–Trinajstić information content (AvgIpc) is 3.31. The van der Waals surface area contributed by atoms with Crippen molar-refractivity contribution in [2.24, 2.45) is 4.99 Å². The summed E-state index contributed by atoms with van der Waals surface area (Å²) in [7, 11) is 0. The molecule has 0 saturated carbocycles. The molecule has 4 rings (SSSR count). The van der Waals surface area contributed by atoms with Gasteiger partial charge in [0.15, 0.2) is 5.17 Å². The highest BCUT2D eigenvalue weighted by Gasteiger charge is 2.31. The lowest BCUT2D eigenvalue weighted by atomic mass is 10.0. The normalized spacial score (nSPS) is 14.2. The molecule has 0 saturated heterocycles. The van der Waals surface area contributed by atoms with Gasteiger partial charge in [0.1, 0.15) is 10.9 Å². The van der Waals surface area contributed by atoms with Crippen LogP contribution in [0.4, 0.5) is 0 Å². The van der Waals surface area contributed by atoms with Crippen LogP contribution in [0, 0.1) is 11.3 Å². The van der Waals surface area contributed by atoms with Crippen LogP contribution in [0.3, 0.4) is 0 Å². The first kappa shape index (κ1) is 23.2. The number of thiazole rings is 1. The summed E-state index contributed by atoms with van der Waals surface area (Å²) >= 11 is 6.27. The second kappa shape index (κ2) is 10.8. The Morgan fingerprint density at radius 3 is 2.73 bits per heavy atom. The van der Waals surface area contributed by atoms with Gasteiger partial charge in [0.05, 0.1) is 36.2 Å². The van der Waals surface area contributed by atoms with E-state index in [0.717, 1.165) is 20.6 Å². The van der Waals surface area contributed by atoms with Gasteiger partial charge in [-0.2, -0.15) is 5.26 Å². The molecule has 3 aromatic rings. The molecule has 33 heavy (non-hydrogen) atoms. The summed E-state index contributed by atoms with van der Waals surface area (Å²) in [6, 6.07) is 19.9. The number of carbonyl (C=O) groups is 1. The lowest BCUT2D eigenvalue weighted by molar-refractivity contribution is -0.138. The molecule has 0 fully saturated rings. The molecule has 1 N–H and O–H groups in total. The summed E-state index contributed by atoms with van der Waals surface area (Å²) in [4.78, 5) is 22.9. The van der Waals surface area contributed by atoms with Crippen LogP contribution < -0.4 is 5.32 Å². The fraction of sp³-hybridized carbons (Fsp3) is 0.167. The molecule has 1 atom stereocenters. The smallest absolute Gasteiger partial charge is 0.337 e. The average molecular weight is 539 g/mol. The molecule has 0 radical (unpaired) electrons. The number of thioether (sulfide) groups is 1.